The Morgan fingerprint density at radius 1 is 1.40 bits per heavy atom. The highest BCUT2D eigenvalue weighted by Crippen LogP contribution is 2.05. The minimum atomic E-state index is 0.573. The lowest BCUT2D eigenvalue weighted by atomic mass is 10.3. The molecule has 20 heavy (non-hydrogen) atoms. The number of rotatable bonds is 7. The van der Waals surface area contributed by atoms with Gasteiger partial charge in [0.2, 0.25) is 0 Å². The lowest BCUT2D eigenvalue weighted by Crippen LogP contribution is -2.41. The number of hydrogen-bond donors (Lipinski definition) is 0. The number of aromatic nitrogens is 2. The number of ether oxygens (including phenoxy) is 1. The lowest BCUT2D eigenvalue weighted by Gasteiger charge is -2.29. The molecule has 0 N–H and O–H groups in total. The number of nitriles is 1. The van der Waals surface area contributed by atoms with Crippen molar-refractivity contribution >= 4 is 0 Å². The summed E-state index contributed by atoms with van der Waals surface area (Å²) in [6.45, 7) is 7.39. The van der Waals surface area contributed by atoms with Crippen molar-refractivity contribution in [1.82, 2.24) is 19.6 Å². The van der Waals surface area contributed by atoms with Crippen LogP contribution in [0.5, 0.6) is 0 Å². The number of aryl methyl sites for hydroxylation is 1. The highest BCUT2D eigenvalue weighted by atomic mass is 16.5. The van der Waals surface area contributed by atoms with Gasteiger partial charge in [0.05, 0.1) is 25.5 Å². The van der Waals surface area contributed by atoms with Crippen molar-refractivity contribution < 1.29 is 4.74 Å². The molecule has 0 radical (unpaired) electrons. The Kier molecular flexibility index (Phi) is 5.99. The van der Waals surface area contributed by atoms with Gasteiger partial charge in [0, 0.05) is 64.5 Å². The van der Waals surface area contributed by atoms with Gasteiger partial charge in [-0.05, 0) is 0 Å². The molecule has 0 amide bonds. The van der Waals surface area contributed by atoms with Gasteiger partial charge < -0.3 is 4.74 Å². The monoisotopic (exact) mass is 277 g/mol. The molecule has 1 aliphatic heterocycles. The second kappa shape index (κ2) is 8.00. The van der Waals surface area contributed by atoms with E-state index in [4.69, 9.17) is 10.00 Å². The van der Waals surface area contributed by atoms with Gasteiger partial charge in [-0.2, -0.15) is 10.4 Å². The van der Waals surface area contributed by atoms with Crippen molar-refractivity contribution in [3.05, 3.63) is 18.0 Å². The SMILES string of the molecule is Cn1cc(CN(CCC#N)CCN2CCOCC2)cn1. The van der Waals surface area contributed by atoms with Crippen LogP contribution >= 0.6 is 0 Å². The van der Waals surface area contributed by atoms with Gasteiger partial charge in [0.1, 0.15) is 0 Å². The molecule has 2 heterocycles. The number of nitrogens with zero attached hydrogens (tertiary/aromatic N) is 5. The van der Waals surface area contributed by atoms with E-state index < -0.39 is 0 Å². The zero-order valence-electron chi connectivity index (χ0n) is 12.2. The van der Waals surface area contributed by atoms with Crippen LogP contribution in [0.1, 0.15) is 12.0 Å². The van der Waals surface area contributed by atoms with Gasteiger partial charge in [0.15, 0.2) is 0 Å². The molecular weight excluding hydrogens is 254 g/mol. The fraction of sp³-hybridized carbons (Fsp3) is 0.714. The molecule has 110 valence electrons. The van der Waals surface area contributed by atoms with E-state index in [1.54, 1.807) is 0 Å². The first kappa shape index (κ1) is 15.0. The third-order valence-corrected chi connectivity index (χ3v) is 3.54. The normalized spacial score (nSPS) is 16.4. The fourth-order valence-corrected chi connectivity index (χ4v) is 2.40. The molecule has 6 nitrogen and oxygen atoms in total. The molecule has 0 atom stereocenters. The predicted octanol–water partition coefficient (Wildman–Crippen LogP) is 0.468. The lowest BCUT2D eigenvalue weighted by molar-refractivity contribution is 0.0330. The van der Waals surface area contributed by atoms with Crippen LogP contribution in [0.15, 0.2) is 12.4 Å². The molecule has 0 spiro atoms. The summed E-state index contributed by atoms with van der Waals surface area (Å²) < 4.78 is 7.18. The van der Waals surface area contributed by atoms with Gasteiger partial charge in [-0.1, -0.05) is 0 Å². The summed E-state index contributed by atoms with van der Waals surface area (Å²) in [4.78, 5) is 4.75. The Morgan fingerprint density at radius 2 is 2.20 bits per heavy atom. The average Bonchev–Trinajstić information content (AvgIpc) is 2.88. The Labute approximate surface area is 120 Å². The third-order valence-electron chi connectivity index (χ3n) is 3.54. The second-order valence-corrected chi connectivity index (χ2v) is 5.16. The molecule has 0 aliphatic carbocycles. The largest absolute Gasteiger partial charge is 0.379 e. The highest BCUT2D eigenvalue weighted by molar-refractivity contribution is 5.03. The number of hydrogen-bond acceptors (Lipinski definition) is 5. The van der Waals surface area contributed by atoms with E-state index in [-0.39, 0.29) is 0 Å². The molecule has 1 aromatic rings. The minimum Gasteiger partial charge on any atom is -0.379 e. The van der Waals surface area contributed by atoms with E-state index in [1.807, 2.05) is 24.1 Å². The van der Waals surface area contributed by atoms with Gasteiger partial charge in [-0.25, -0.2) is 0 Å². The molecule has 1 saturated heterocycles. The Balaban J connectivity index is 1.81. The van der Waals surface area contributed by atoms with E-state index >= 15 is 0 Å². The summed E-state index contributed by atoms with van der Waals surface area (Å²) >= 11 is 0. The summed E-state index contributed by atoms with van der Waals surface area (Å²) in [6.07, 6.45) is 4.51. The van der Waals surface area contributed by atoms with Crippen LogP contribution in [0.2, 0.25) is 0 Å². The molecule has 2 rings (SSSR count). The van der Waals surface area contributed by atoms with E-state index in [1.165, 1.54) is 5.56 Å². The molecule has 1 aromatic heterocycles. The van der Waals surface area contributed by atoms with Crippen LogP contribution in [-0.2, 0) is 18.3 Å². The summed E-state index contributed by atoms with van der Waals surface area (Å²) in [5.74, 6) is 0. The van der Waals surface area contributed by atoms with Crippen LogP contribution in [0, 0.1) is 11.3 Å². The summed E-state index contributed by atoms with van der Waals surface area (Å²) in [7, 11) is 1.93. The van der Waals surface area contributed by atoms with Gasteiger partial charge in [-0.3, -0.25) is 14.5 Å². The first-order valence-corrected chi connectivity index (χ1v) is 7.15. The Morgan fingerprint density at radius 3 is 2.85 bits per heavy atom. The zero-order chi connectivity index (χ0) is 14.2. The van der Waals surface area contributed by atoms with Crippen molar-refractivity contribution in [2.75, 3.05) is 45.9 Å². The molecule has 0 saturated carbocycles. The van der Waals surface area contributed by atoms with Gasteiger partial charge in [-0.15, -0.1) is 0 Å². The van der Waals surface area contributed by atoms with Gasteiger partial charge >= 0.3 is 0 Å². The van der Waals surface area contributed by atoms with Crippen molar-refractivity contribution in [2.45, 2.75) is 13.0 Å². The smallest absolute Gasteiger partial charge is 0.0635 e. The van der Waals surface area contributed by atoms with Gasteiger partial charge in [0.25, 0.3) is 0 Å². The second-order valence-electron chi connectivity index (χ2n) is 5.16. The molecule has 6 heteroatoms. The molecular formula is C14H23N5O. The standard InChI is InChI=1S/C14H23N5O/c1-17-12-14(11-16-17)13-19(4-2-3-15)6-5-18-7-9-20-10-8-18/h11-12H,2,4-10,13H2,1H3. The Bertz CT molecular complexity index is 433. The summed E-state index contributed by atoms with van der Waals surface area (Å²) in [6, 6.07) is 2.23. The quantitative estimate of drug-likeness (QED) is 0.725. The maximum atomic E-state index is 8.78. The van der Waals surface area contributed by atoms with Crippen LogP contribution in [0.3, 0.4) is 0 Å². The van der Waals surface area contributed by atoms with Crippen molar-refractivity contribution in [3.63, 3.8) is 0 Å². The van der Waals surface area contributed by atoms with E-state index in [9.17, 15) is 0 Å². The summed E-state index contributed by atoms with van der Waals surface area (Å²) in [5, 5.41) is 13.0. The molecule has 1 fully saturated rings. The highest BCUT2D eigenvalue weighted by Gasteiger charge is 2.13. The van der Waals surface area contributed by atoms with Crippen LogP contribution in [0.4, 0.5) is 0 Å². The van der Waals surface area contributed by atoms with Crippen LogP contribution in [-0.4, -0.2) is 65.5 Å². The average molecular weight is 277 g/mol. The summed E-state index contributed by atoms with van der Waals surface area (Å²) in [5.41, 5.74) is 1.20. The first-order chi connectivity index (χ1) is 9.78. The molecule has 0 bridgehead atoms. The zero-order valence-corrected chi connectivity index (χ0v) is 12.2. The predicted molar refractivity (Wildman–Crippen MR) is 76.0 cm³/mol. The first-order valence-electron chi connectivity index (χ1n) is 7.15. The molecule has 1 aliphatic rings. The van der Waals surface area contributed by atoms with Crippen molar-refractivity contribution in [1.29, 1.82) is 5.26 Å². The van der Waals surface area contributed by atoms with Crippen LogP contribution in [0.25, 0.3) is 0 Å². The third kappa shape index (κ3) is 4.93. The van der Waals surface area contributed by atoms with Crippen molar-refractivity contribution in [3.8, 4) is 6.07 Å². The van der Waals surface area contributed by atoms with E-state index in [0.29, 0.717) is 6.42 Å². The van der Waals surface area contributed by atoms with Crippen molar-refractivity contribution in [2.24, 2.45) is 7.05 Å². The Hall–Kier alpha value is -1.42. The van der Waals surface area contributed by atoms with E-state index in [0.717, 1.165) is 52.5 Å². The topological polar surface area (TPSA) is 57.3 Å². The maximum Gasteiger partial charge on any atom is 0.0635 e. The van der Waals surface area contributed by atoms with E-state index in [2.05, 4.69) is 21.0 Å². The fourth-order valence-electron chi connectivity index (χ4n) is 2.40. The molecule has 0 unspecified atom stereocenters. The molecule has 0 aromatic carbocycles. The maximum absolute atomic E-state index is 8.78. The van der Waals surface area contributed by atoms with Crippen LogP contribution < -0.4 is 0 Å². The minimum absolute atomic E-state index is 0.573. The number of morpholine rings is 1.